The lowest BCUT2D eigenvalue weighted by Crippen LogP contribution is -2.33. The van der Waals surface area contributed by atoms with E-state index in [9.17, 15) is 14.4 Å². The molecule has 0 spiro atoms. The predicted octanol–water partition coefficient (Wildman–Crippen LogP) is 5.17. The van der Waals surface area contributed by atoms with E-state index in [1.807, 2.05) is 31.2 Å². The second kappa shape index (κ2) is 10.5. The number of rotatable bonds is 8. The zero-order valence-corrected chi connectivity index (χ0v) is 20.3. The minimum absolute atomic E-state index is 0.129. The minimum Gasteiger partial charge on any atom is -0.497 e. The van der Waals surface area contributed by atoms with Crippen molar-refractivity contribution in [3.8, 4) is 5.75 Å². The van der Waals surface area contributed by atoms with Crippen molar-refractivity contribution in [2.45, 2.75) is 18.7 Å². The van der Waals surface area contributed by atoms with Crippen molar-refractivity contribution in [1.82, 2.24) is 0 Å². The fourth-order valence-corrected chi connectivity index (χ4v) is 4.45. The van der Waals surface area contributed by atoms with E-state index in [4.69, 9.17) is 9.47 Å². The summed E-state index contributed by atoms with van der Waals surface area (Å²) in [4.78, 5) is 41.9. The Kier molecular flexibility index (Phi) is 7.22. The molecule has 3 aromatic carbocycles. The third-order valence-electron chi connectivity index (χ3n) is 5.28. The van der Waals surface area contributed by atoms with Gasteiger partial charge in [0.15, 0.2) is 0 Å². The number of methoxy groups -OCH3 is 1. The number of amides is 2. The molecule has 0 saturated carbocycles. The molecule has 8 heteroatoms. The lowest BCUT2D eigenvalue weighted by molar-refractivity contribution is -0.120. The number of benzene rings is 3. The van der Waals surface area contributed by atoms with Crippen LogP contribution >= 0.6 is 11.8 Å². The van der Waals surface area contributed by atoms with Crippen LogP contribution in [0.25, 0.3) is 0 Å². The molecule has 0 saturated heterocycles. The molecule has 35 heavy (non-hydrogen) atoms. The Labute approximate surface area is 207 Å². The first-order valence-corrected chi connectivity index (χ1v) is 11.8. The van der Waals surface area contributed by atoms with E-state index in [1.54, 1.807) is 56.5 Å². The van der Waals surface area contributed by atoms with E-state index in [0.29, 0.717) is 11.4 Å². The van der Waals surface area contributed by atoms with Crippen molar-refractivity contribution in [2.24, 2.45) is 0 Å². The number of thioether (sulfide) groups is 1. The molecule has 3 aromatic rings. The molecule has 1 aliphatic heterocycles. The Morgan fingerprint density at radius 2 is 1.63 bits per heavy atom. The average Bonchev–Trinajstić information content (AvgIpc) is 3.09. The van der Waals surface area contributed by atoms with Crippen molar-refractivity contribution < 1.29 is 23.9 Å². The summed E-state index contributed by atoms with van der Waals surface area (Å²) in [7, 11) is 1.57. The number of esters is 1. The molecule has 1 aliphatic rings. The predicted molar refractivity (Wildman–Crippen MR) is 136 cm³/mol. The zero-order chi connectivity index (χ0) is 24.9. The molecule has 0 bridgehead atoms. The Hall–Kier alpha value is -4.04. The molecular weight excluding hydrogens is 464 g/mol. The van der Waals surface area contributed by atoms with Gasteiger partial charge in [-0.25, -0.2) is 9.69 Å². The maximum absolute atomic E-state index is 13.6. The number of hydrogen-bond acceptors (Lipinski definition) is 7. The van der Waals surface area contributed by atoms with Gasteiger partial charge in [-0.15, -0.1) is 0 Å². The molecular formula is C27H24N2O5S. The summed E-state index contributed by atoms with van der Waals surface area (Å²) in [6.45, 7) is 3.84. The van der Waals surface area contributed by atoms with Gasteiger partial charge in [-0.05, 0) is 62.4 Å². The summed E-state index contributed by atoms with van der Waals surface area (Å²) >= 11 is 1.19. The Morgan fingerprint density at radius 3 is 2.29 bits per heavy atom. The molecule has 4 rings (SSSR count). The highest BCUT2D eigenvalue weighted by Crippen LogP contribution is 2.39. The smallest absolute Gasteiger partial charge is 0.340 e. The molecule has 178 valence electrons. The van der Waals surface area contributed by atoms with Crippen LogP contribution in [-0.4, -0.2) is 31.5 Å². The van der Waals surface area contributed by atoms with Crippen LogP contribution < -0.4 is 15.0 Å². The molecule has 0 aromatic heterocycles. The molecule has 0 aliphatic carbocycles. The monoisotopic (exact) mass is 488 g/mol. The maximum atomic E-state index is 13.6. The summed E-state index contributed by atoms with van der Waals surface area (Å²) in [5.41, 5.74) is 2.14. The standard InChI is InChI=1S/C27H24N2O5S/c1-4-34-27(32)21-7-5-6-8-22(21)29-25(30)23(28-18-11-13-19(33-3)14-12-18)24(26(29)31)35-20-15-9-17(2)10-16-20/h5-16,28H,4H2,1-3H3. The third kappa shape index (κ3) is 5.07. The van der Waals surface area contributed by atoms with Gasteiger partial charge in [-0.1, -0.05) is 41.6 Å². The van der Waals surface area contributed by atoms with E-state index in [1.165, 1.54) is 17.8 Å². The van der Waals surface area contributed by atoms with Crippen molar-refractivity contribution >= 4 is 40.9 Å². The summed E-state index contributed by atoms with van der Waals surface area (Å²) in [5, 5.41) is 3.10. The van der Waals surface area contributed by atoms with Gasteiger partial charge in [0.2, 0.25) is 0 Å². The molecule has 1 N–H and O–H groups in total. The van der Waals surface area contributed by atoms with Gasteiger partial charge >= 0.3 is 5.97 Å². The van der Waals surface area contributed by atoms with Crippen LogP contribution in [0.15, 0.2) is 88.3 Å². The quantitative estimate of drug-likeness (QED) is 0.346. The second-order valence-corrected chi connectivity index (χ2v) is 8.74. The molecule has 0 fully saturated rings. The molecule has 2 amide bonds. The number of nitrogens with one attached hydrogen (secondary N) is 1. The summed E-state index contributed by atoms with van der Waals surface area (Å²) in [6, 6.07) is 21.1. The Bertz CT molecular complexity index is 1300. The van der Waals surface area contributed by atoms with E-state index in [0.717, 1.165) is 15.4 Å². The summed E-state index contributed by atoms with van der Waals surface area (Å²) < 4.78 is 10.3. The molecule has 1 heterocycles. The molecule has 0 atom stereocenters. The fourth-order valence-electron chi connectivity index (χ4n) is 3.53. The van der Waals surface area contributed by atoms with Crippen molar-refractivity contribution in [1.29, 1.82) is 0 Å². The topological polar surface area (TPSA) is 84.9 Å². The number of imide groups is 1. The average molecular weight is 489 g/mol. The number of carbonyl (C=O) groups is 3. The van der Waals surface area contributed by atoms with E-state index >= 15 is 0 Å². The van der Waals surface area contributed by atoms with Crippen molar-refractivity contribution in [3.05, 3.63) is 94.5 Å². The first kappa shape index (κ1) is 24.1. The van der Waals surface area contributed by atoms with Gasteiger partial charge in [0.25, 0.3) is 11.8 Å². The van der Waals surface area contributed by atoms with Crippen molar-refractivity contribution in [3.63, 3.8) is 0 Å². The van der Waals surface area contributed by atoms with Gasteiger partial charge in [-0.3, -0.25) is 9.59 Å². The zero-order valence-electron chi connectivity index (χ0n) is 19.5. The maximum Gasteiger partial charge on any atom is 0.340 e. The van der Waals surface area contributed by atoms with Gasteiger partial charge in [-0.2, -0.15) is 0 Å². The van der Waals surface area contributed by atoms with E-state index in [2.05, 4.69) is 5.32 Å². The lowest BCUT2D eigenvalue weighted by atomic mass is 10.1. The third-order valence-corrected chi connectivity index (χ3v) is 6.37. The van der Waals surface area contributed by atoms with E-state index < -0.39 is 17.8 Å². The fraction of sp³-hybridized carbons (Fsp3) is 0.148. The number of ether oxygens (including phenoxy) is 2. The van der Waals surface area contributed by atoms with Crippen LogP contribution in [-0.2, 0) is 14.3 Å². The second-order valence-electron chi connectivity index (χ2n) is 7.66. The summed E-state index contributed by atoms with van der Waals surface area (Å²) in [5.74, 6) is -1.02. The minimum atomic E-state index is -0.604. The lowest BCUT2D eigenvalue weighted by Gasteiger charge is -2.18. The van der Waals surface area contributed by atoms with Gasteiger partial charge < -0.3 is 14.8 Å². The summed E-state index contributed by atoms with van der Waals surface area (Å²) in [6.07, 6.45) is 0. The number of hydrogen-bond donors (Lipinski definition) is 1. The molecule has 7 nitrogen and oxygen atoms in total. The first-order chi connectivity index (χ1) is 16.9. The van der Waals surface area contributed by atoms with Gasteiger partial charge in [0, 0.05) is 10.6 Å². The van der Waals surface area contributed by atoms with Gasteiger partial charge in [0.05, 0.1) is 25.0 Å². The van der Waals surface area contributed by atoms with Crippen LogP contribution in [0.4, 0.5) is 11.4 Å². The largest absolute Gasteiger partial charge is 0.497 e. The van der Waals surface area contributed by atoms with E-state index in [-0.39, 0.29) is 28.5 Å². The van der Waals surface area contributed by atoms with Crippen molar-refractivity contribution in [2.75, 3.05) is 23.9 Å². The van der Waals surface area contributed by atoms with Crippen LogP contribution in [0.3, 0.4) is 0 Å². The highest BCUT2D eigenvalue weighted by Gasteiger charge is 2.41. The van der Waals surface area contributed by atoms with Crippen LogP contribution in [0.5, 0.6) is 5.75 Å². The van der Waals surface area contributed by atoms with Gasteiger partial charge in [0.1, 0.15) is 16.4 Å². The Morgan fingerprint density at radius 1 is 0.943 bits per heavy atom. The highest BCUT2D eigenvalue weighted by atomic mass is 32.2. The number of nitrogens with zero attached hydrogens (tertiary/aromatic N) is 1. The highest BCUT2D eigenvalue weighted by molar-refractivity contribution is 8.04. The van der Waals surface area contributed by atoms with Crippen LogP contribution in [0.2, 0.25) is 0 Å². The van der Waals surface area contributed by atoms with Crippen LogP contribution in [0, 0.1) is 6.92 Å². The molecule has 0 radical (unpaired) electrons. The number of aryl methyl sites for hydroxylation is 1. The first-order valence-electron chi connectivity index (χ1n) is 11.0. The Balaban J connectivity index is 1.75. The number of anilines is 2. The number of carbonyl (C=O) groups excluding carboxylic acids is 3. The van der Waals surface area contributed by atoms with Crippen LogP contribution in [0.1, 0.15) is 22.8 Å². The molecule has 0 unspecified atom stereocenters. The SMILES string of the molecule is CCOC(=O)c1ccccc1N1C(=O)C(Nc2ccc(OC)cc2)=C(Sc2ccc(C)cc2)C1=O. The normalized spacial score (nSPS) is 13.3. The number of para-hydroxylation sites is 1.